The van der Waals surface area contributed by atoms with Crippen molar-refractivity contribution in [2.45, 2.75) is 95.9 Å². The third-order valence-corrected chi connectivity index (χ3v) is 12.4. The first-order valence-corrected chi connectivity index (χ1v) is 16.9. The number of rotatable bonds is 12. The Balaban J connectivity index is 1.44. The SMILES string of the molecule is CC(CC1CCC(C)(C)C1(C)C)OC(=O)C1CCCN1C(=O)C(CSC1CC=CS1)NC(=O)c1ccc(N=O)c(N=O)c1. The molecule has 1 aromatic rings. The normalized spacial score (nSPS) is 25.2. The Morgan fingerprint density at radius 2 is 1.88 bits per heavy atom. The maximum Gasteiger partial charge on any atom is 0.329 e. The number of esters is 1. The Hall–Kier alpha value is -2.73. The standard InChI is InChI=1S/C31H42N4O6S2/c1-19(16-21-12-13-30(2,3)31(21,4)5)41-29(38)25-8-6-14-35(25)28(37)24(18-43-26-9-7-15-42-26)32-27(36)20-10-11-22(33-39)23(17-20)34-40/h7,10-11,15,17,19,21,24-26H,6,8-9,12-14,16,18H2,1-5H3,(H,32,36). The van der Waals surface area contributed by atoms with Gasteiger partial charge in [-0.3, -0.25) is 9.59 Å². The van der Waals surface area contributed by atoms with Crippen molar-refractivity contribution in [1.29, 1.82) is 0 Å². The maximum absolute atomic E-state index is 13.9. The molecule has 2 fully saturated rings. The largest absolute Gasteiger partial charge is 0.461 e. The fraction of sp³-hybridized carbons (Fsp3) is 0.645. The Bertz CT molecular complexity index is 1260. The van der Waals surface area contributed by atoms with Crippen molar-refractivity contribution in [3.05, 3.63) is 45.1 Å². The van der Waals surface area contributed by atoms with Gasteiger partial charge in [-0.05, 0) is 96.2 Å². The number of carbonyl (C=O) groups excluding carboxylic acids is 3. The third-order valence-electron chi connectivity index (χ3n) is 9.77. The molecule has 2 heterocycles. The first-order valence-electron chi connectivity index (χ1n) is 14.9. The minimum Gasteiger partial charge on any atom is -0.461 e. The fourth-order valence-corrected chi connectivity index (χ4v) is 8.53. The van der Waals surface area contributed by atoms with E-state index in [1.165, 1.54) is 18.2 Å². The summed E-state index contributed by atoms with van der Waals surface area (Å²) in [6, 6.07) is 2.15. The molecule has 0 radical (unpaired) electrons. The molecule has 1 saturated carbocycles. The van der Waals surface area contributed by atoms with E-state index < -0.39 is 24.0 Å². The number of likely N-dealkylation sites (tertiary alicyclic amines) is 1. The summed E-state index contributed by atoms with van der Waals surface area (Å²) in [7, 11) is 0. The van der Waals surface area contributed by atoms with Crippen molar-refractivity contribution < 1.29 is 19.1 Å². The molecule has 2 amide bonds. The highest BCUT2D eigenvalue weighted by Crippen LogP contribution is 2.57. The van der Waals surface area contributed by atoms with Crippen LogP contribution in [0.25, 0.3) is 0 Å². The van der Waals surface area contributed by atoms with Gasteiger partial charge in [0, 0.05) is 17.9 Å². The number of nitrogens with zero attached hydrogens (tertiary/aromatic N) is 3. The zero-order chi connectivity index (χ0) is 31.4. The smallest absolute Gasteiger partial charge is 0.329 e. The number of nitrogens with one attached hydrogen (secondary N) is 1. The van der Waals surface area contributed by atoms with Crippen LogP contribution in [0.4, 0.5) is 11.4 Å². The highest BCUT2D eigenvalue weighted by molar-refractivity contribution is 8.18. The van der Waals surface area contributed by atoms with Crippen LogP contribution in [0.15, 0.2) is 40.0 Å². The average molecular weight is 631 g/mol. The summed E-state index contributed by atoms with van der Waals surface area (Å²) in [5, 5.41) is 10.4. The van der Waals surface area contributed by atoms with Gasteiger partial charge in [-0.2, -0.15) is 0 Å². The first kappa shape index (κ1) is 33.2. The Morgan fingerprint density at radius 3 is 2.51 bits per heavy atom. The zero-order valence-electron chi connectivity index (χ0n) is 25.5. The van der Waals surface area contributed by atoms with Crippen LogP contribution in [0.1, 0.15) is 83.5 Å². The third kappa shape index (κ3) is 7.50. The lowest BCUT2D eigenvalue weighted by atomic mass is 9.66. The molecule has 1 N–H and O–H groups in total. The molecule has 0 aromatic heterocycles. The molecule has 4 rings (SSSR count). The Labute approximate surface area is 261 Å². The number of hydrogen-bond acceptors (Lipinski definition) is 10. The zero-order valence-corrected chi connectivity index (χ0v) is 27.2. The summed E-state index contributed by atoms with van der Waals surface area (Å²) < 4.78 is 6.17. The molecule has 12 heteroatoms. The van der Waals surface area contributed by atoms with E-state index in [9.17, 15) is 24.2 Å². The minimum atomic E-state index is -0.914. The molecule has 0 bridgehead atoms. The monoisotopic (exact) mass is 630 g/mol. The van der Waals surface area contributed by atoms with Gasteiger partial charge in [-0.15, -0.1) is 33.3 Å². The van der Waals surface area contributed by atoms with E-state index in [4.69, 9.17) is 4.74 Å². The van der Waals surface area contributed by atoms with E-state index in [-0.39, 0.29) is 44.4 Å². The van der Waals surface area contributed by atoms with E-state index in [0.717, 1.165) is 25.7 Å². The van der Waals surface area contributed by atoms with Gasteiger partial charge < -0.3 is 15.0 Å². The fourth-order valence-electron chi connectivity index (χ4n) is 6.29. The molecule has 5 atom stereocenters. The number of amides is 2. The summed E-state index contributed by atoms with van der Waals surface area (Å²) in [5.41, 5.74) is -0.000746. The second-order valence-electron chi connectivity index (χ2n) is 12.9. The second-order valence-corrected chi connectivity index (χ2v) is 15.6. The van der Waals surface area contributed by atoms with Gasteiger partial charge in [-0.1, -0.05) is 33.8 Å². The van der Waals surface area contributed by atoms with Gasteiger partial charge >= 0.3 is 5.97 Å². The average Bonchev–Trinajstić information content (AvgIpc) is 3.72. The Morgan fingerprint density at radius 1 is 1.14 bits per heavy atom. The predicted molar refractivity (Wildman–Crippen MR) is 171 cm³/mol. The molecule has 2 aliphatic heterocycles. The van der Waals surface area contributed by atoms with Gasteiger partial charge in [0.15, 0.2) is 0 Å². The van der Waals surface area contributed by atoms with Crippen molar-refractivity contribution >= 4 is 52.7 Å². The Kier molecular flexibility index (Phi) is 10.7. The molecular formula is C31H42N4O6S2. The van der Waals surface area contributed by atoms with Crippen LogP contribution in [-0.4, -0.2) is 57.8 Å². The van der Waals surface area contributed by atoms with Gasteiger partial charge in [0.05, 0.1) is 10.7 Å². The molecule has 1 saturated heterocycles. The van der Waals surface area contributed by atoms with Crippen molar-refractivity contribution in [3.63, 3.8) is 0 Å². The molecule has 234 valence electrons. The van der Waals surface area contributed by atoms with Crippen LogP contribution >= 0.6 is 23.5 Å². The number of ether oxygens (including phenoxy) is 1. The summed E-state index contributed by atoms with van der Waals surface area (Å²) in [6.45, 7) is 11.5. The topological polar surface area (TPSA) is 135 Å². The van der Waals surface area contributed by atoms with E-state index in [1.807, 2.05) is 12.3 Å². The number of hydrogen-bond donors (Lipinski definition) is 1. The molecular weight excluding hydrogens is 588 g/mol. The van der Waals surface area contributed by atoms with Gasteiger partial charge in [0.25, 0.3) is 5.91 Å². The molecule has 1 aromatic carbocycles. The maximum atomic E-state index is 13.9. The minimum absolute atomic E-state index is 0.0749. The molecule has 3 aliphatic rings. The number of nitroso groups, excluding NO2 is 2. The van der Waals surface area contributed by atoms with E-state index in [0.29, 0.717) is 31.1 Å². The highest BCUT2D eigenvalue weighted by atomic mass is 32.2. The second kappa shape index (κ2) is 13.9. The molecule has 5 unspecified atom stereocenters. The summed E-state index contributed by atoms with van der Waals surface area (Å²) in [4.78, 5) is 64.2. The summed E-state index contributed by atoms with van der Waals surface area (Å²) in [5.74, 6) is -0.592. The molecule has 1 aliphatic carbocycles. The van der Waals surface area contributed by atoms with Crippen molar-refractivity contribution in [2.75, 3.05) is 12.3 Å². The lowest BCUT2D eigenvalue weighted by Crippen LogP contribution is -2.53. The number of benzene rings is 1. The van der Waals surface area contributed by atoms with Crippen molar-refractivity contribution in [2.24, 2.45) is 27.1 Å². The molecule has 10 nitrogen and oxygen atoms in total. The van der Waals surface area contributed by atoms with Crippen LogP contribution in [0.2, 0.25) is 0 Å². The molecule has 0 spiro atoms. The van der Waals surface area contributed by atoms with Crippen molar-refractivity contribution in [3.8, 4) is 0 Å². The van der Waals surface area contributed by atoms with E-state index >= 15 is 0 Å². The van der Waals surface area contributed by atoms with Crippen LogP contribution < -0.4 is 5.32 Å². The predicted octanol–water partition coefficient (Wildman–Crippen LogP) is 7.07. The molecule has 43 heavy (non-hydrogen) atoms. The number of carbonyl (C=O) groups is 3. The van der Waals surface area contributed by atoms with Crippen LogP contribution in [-0.2, 0) is 14.3 Å². The summed E-state index contributed by atoms with van der Waals surface area (Å²) >= 11 is 3.23. The number of thioether (sulfide) groups is 2. The van der Waals surface area contributed by atoms with Crippen molar-refractivity contribution in [1.82, 2.24) is 10.2 Å². The first-order chi connectivity index (χ1) is 20.4. The number of allylic oxidation sites excluding steroid dienone is 1. The van der Waals surface area contributed by atoms with Crippen LogP contribution in [0.5, 0.6) is 0 Å². The van der Waals surface area contributed by atoms with E-state index in [1.54, 1.807) is 28.4 Å². The lowest BCUT2D eigenvalue weighted by Gasteiger charge is -2.40. The van der Waals surface area contributed by atoms with Gasteiger partial charge in [0.2, 0.25) is 5.91 Å². The highest BCUT2D eigenvalue weighted by Gasteiger charge is 2.49. The van der Waals surface area contributed by atoms with Gasteiger partial charge in [0.1, 0.15) is 23.5 Å². The van der Waals surface area contributed by atoms with Crippen LogP contribution in [0.3, 0.4) is 0 Å². The summed E-state index contributed by atoms with van der Waals surface area (Å²) in [6.07, 6.45) is 6.83. The van der Waals surface area contributed by atoms with E-state index in [2.05, 4.69) is 49.4 Å². The lowest BCUT2D eigenvalue weighted by molar-refractivity contribution is -0.158. The van der Waals surface area contributed by atoms with Crippen LogP contribution in [0, 0.1) is 26.6 Å². The quantitative estimate of drug-likeness (QED) is 0.191. The van der Waals surface area contributed by atoms with Gasteiger partial charge in [-0.25, -0.2) is 4.79 Å².